The molecule has 0 atom stereocenters. The Morgan fingerprint density at radius 1 is 1.23 bits per heavy atom. The predicted molar refractivity (Wildman–Crippen MR) is 93.5 cm³/mol. The van der Waals surface area contributed by atoms with Crippen LogP contribution in [0, 0.1) is 0 Å². The maximum atomic E-state index is 12.5. The van der Waals surface area contributed by atoms with Crippen LogP contribution in [0.15, 0.2) is 41.8 Å². The van der Waals surface area contributed by atoms with E-state index in [2.05, 4.69) is 17.2 Å². The highest BCUT2D eigenvalue weighted by atomic mass is 32.2. The molecule has 120 valence electrons. The SMILES string of the molecule is C=CCNC(=S)Nc1ccc(S(=O)(=O)N2CCCCC2)cc1. The van der Waals surface area contributed by atoms with Crippen molar-refractivity contribution in [1.82, 2.24) is 9.62 Å². The third-order valence-electron chi connectivity index (χ3n) is 3.47. The van der Waals surface area contributed by atoms with Gasteiger partial charge in [-0.25, -0.2) is 8.42 Å². The van der Waals surface area contributed by atoms with Gasteiger partial charge in [-0.1, -0.05) is 12.5 Å². The van der Waals surface area contributed by atoms with Gasteiger partial charge in [-0.15, -0.1) is 6.58 Å². The Morgan fingerprint density at radius 3 is 2.45 bits per heavy atom. The second kappa shape index (κ2) is 7.71. The molecule has 1 fully saturated rings. The van der Waals surface area contributed by atoms with Crippen LogP contribution in [0.2, 0.25) is 0 Å². The maximum Gasteiger partial charge on any atom is 0.243 e. The number of thiocarbonyl (C=S) groups is 1. The molecule has 2 rings (SSSR count). The number of rotatable bonds is 5. The molecule has 0 unspecified atom stereocenters. The topological polar surface area (TPSA) is 61.4 Å². The first-order chi connectivity index (χ1) is 10.5. The Hall–Kier alpha value is -1.44. The highest BCUT2D eigenvalue weighted by Crippen LogP contribution is 2.21. The molecule has 1 saturated heterocycles. The number of nitrogens with zero attached hydrogens (tertiary/aromatic N) is 1. The van der Waals surface area contributed by atoms with Gasteiger partial charge in [0.25, 0.3) is 0 Å². The van der Waals surface area contributed by atoms with Crippen LogP contribution in [0.3, 0.4) is 0 Å². The Labute approximate surface area is 137 Å². The van der Waals surface area contributed by atoms with Gasteiger partial charge in [0.2, 0.25) is 10.0 Å². The maximum absolute atomic E-state index is 12.5. The lowest BCUT2D eigenvalue weighted by atomic mass is 10.2. The summed E-state index contributed by atoms with van der Waals surface area (Å²) in [4.78, 5) is 0.324. The number of sulfonamides is 1. The van der Waals surface area contributed by atoms with E-state index < -0.39 is 10.0 Å². The summed E-state index contributed by atoms with van der Waals surface area (Å²) in [6.07, 6.45) is 4.68. The van der Waals surface area contributed by atoms with Gasteiger partial charge in [0.15, 0.2) is 5.11 Å². The third-order valence-corrected chi connectivity index (χ3v) is 5.63. The summed E-state index contributed by atoms with van der Waals surface area (Å²) < 4.78 is 26.6. The normalized spacial score (nSPS) is 16.0. The first kappa shape index (κ1) is 16.9. The molecule has 7 heteroatoms. The Morgan fingerprint density at radius 2 is 1.86 bits per heavy atom. The Balaban J connectivity index is 2.04. The van der Waals surface area contributed by atoms with Crippen molar-refractivity contribution >= 4 is 33.0 Å². The van der Waals surface area contributed by atoms with Gasteiger partial charge in [0.1, 0.15) is 0 Å². The molecule has 1 aliphatic rings. The number of hydrogen-bond donors (Lipinski definition) is 2. The van der Waals surface area contributed by atoms with E-state index in [4.69, 9.17) is 12.2 Å². The van der Waals surface area contributed by atoms with E-state index in [-0.39, 0.29) is 0 Å². The smallest absolute Gasteiger partial charge is 0.243 e. The molecular formula is C15H21N3O2S2. The predicted octanol–water partition coefficient (Wildman–Crippen LogP) is 2.33. The molecule has 0 amide bonds. The summed E-state index contributed by atoms with van der Waals surface area (Å²) in [6, 6.07) is 6.67. The molecule has 5 nitrogen and oxygen atoms in total. The molecule has 1 heterocycles. The highest BCUT2D eigenvalue weighted by molar-refractivity contribution is 7.89. The number of piperidine rings is 1. The van der Waals surface area contributed by atoms with Gasteiger partial charge >= 0.3 is 0 Å². The summed E-state index contributed by atoms with van der Waals surface area (Å²) >= 11 is 5.11. The van der Waals surface area contributed by atoms with Gasteiger partial charge in [0, 0.05) is 25.3 Å². The molecule has 22 heavy (non-hydrogen) atoms. The molecule has 1 aromatic carbocycles. The van der Waals surface area contributed by atoms with E-state index in [0.29, 0.717) is 29.6 Å². The molecule has 0 radical (unpaired) electrons. The summed E-state index contributed by atoms with van der Waals surface area (Å²) in [5.41, 5.74) is 0.749. The van der Waals surface area contributed by atoms with E-state index in [1.807, 2.05) is 0 Å². The minimum Gasteiger partial charge on any atom is -0.359 e. The molecule has 0 aliphatic carbocycles. The largest absolute Gasteiger partial charge is 0.359 e. The Bertz CT molecular complexity index is 621. The first-order valence-electron chi connectivity index (χ1n) is 7.30. The van der Waals surface area contributed by atoms with E-state index in [1.165, 1.54) is 0 Å². The zero-order valence-corrected chi connectivity index (χ0v) is 14.0. The quantitative estimate of drug-likeness (QED) is 0.637. The van der Waals surface area contributed by atoms with Crippen molar-refractivity contribution in [3.05, 3.63) is 36.9 Å². The Kier molecular flexibility index (Phi) is 5.93. The molecule has 0 saturated carbocycles. The van der Waals surface area contributed by atoms with Crippen LogP contribution >= 0.6 is 12.2 Å². The van der Waals surface area contributed by atoms with Crippen LogP contribution in [0.1, 0.15) is 19.3 Å². The first-order valence-corrected chi connectivity index (χ1v) is 9.15. The fraction of sp³-hybridized carbons (Fsp3) is 0.400. The summed E-state index contributed by atoms with van der Waals surface area (Å²) in [7, 11) is -3.38. The minimum absolute atomic E-state index is 0.324. The van der Waals surface area contributed by atoms with Gasteiger partial charge in [-0.2, -0.15) is 4.31 Å². The fourth-order valence-electron chi connectivity index (χ4n) is 2.30. The molecule has 2 N–H and O–H groups in total. The van der Waals surface area contributed by atoms with E-state index in [1.54, 1.807) is 34.6 Å². The summed E-state index contributed by atoms with van der Waals surface area (Å²) in [5, 5.41) is 6.43. The van der Waals surface area contributed by atoms with Crippen LogP contribution in [0.5, 0.6) is 0 Å². The van der Waals surface area contributed by atoms with Gasteiger partial charge in [-0.05, 0) is 49.3 Å². The van der Waals surface area contributed by atoms with Crippen LogP contribution < -0.4 is 10.6 Å². The molecule has 0 aromatic heterocycles. The van der Waals surface area contributed by atoms with Crippen molar-refractivity contribution in [3.8, 4) is 0 Å². The van der Waals surface area contributed by atoms with Gasteiger partial charge in [0.05, 0.1) is 4.90 Å². The molecule has 1 aromatic rings. The lowest BCUT2D eigenvalue weighted by molar-refractivity contribution is 0.346. The van der Waals surface area contributed by atoms with Gasteiger partial charge < -0.3 is 10.6 Å². The zero-order valence-electron chi connectivity index (χ0n) is 12.4. The summed E-state index contributed by atoms with van der Waals surface area (Å²) in [5.74, 6) is 0. The van der Waals surface area contributed by atoms with Crippen molar-refractivity contribution in [2.75, 3.05) is 25.0 Å². The number of hydrogen-bond acceptors (Lipinski definition) is 3. The van der Waals surface area contributed by atoms with E-state index in [9.17, 15) is 8.42 Å². The minimum atomic E-state index is -3.38. The molecule has 0 bridgehead atoms. The van der Waals surface area contributed by atoms with Crippen LogP contribution in [0.25, 0.3) is 0 Å². The second-order valence-corrected chi connectivity index (χ2v) is 7.46. The number of nitrogens with one attached hydrogen (secondary N) is 2. The average Bonchev–Trinajstić information content (AvgIpc) is 2.54. The second-order valence-electron chi connectivity index (χ2n) is 5.11. The van der Waals surface area contributed by atoms with Crippen molar-refractivity contribution in [3.63, 3.8) is 0 Å². The van der Waals surface area contributed by atoms with E-state index >= 15 is 0 Å². The summed E-state index contributed by atoms with van der Waals surface area (Å²) in [6.45, 7) is 5.40. The van der Waals surface area contributed by atoms with Crippen LogP contribution in [0.4, 0.5) is 5.69 Å². The molecule has 0 spiro atoms. The number of benzene rings is 1. The molecule has 1 aliphatic heterocycles. The monoisotopic (exact) mass is 339 g/mol. The number of anilines is 1. The van der Waals surface area contributed by atoms with Crippen molar-refractivity contribution in [1.29, 1.82) is 0 Å². The van der Waals surface area contributed by atoms with E-state index in [0.717, 1.165) is 24.9 Å². The zero-order chi connectivity index (χ0) is 16.0. The third kappa shape index (κ3) is 4.28. The van der Waals surface area contributed by atoms with Crippen molar-refractivity contribution < 1.29 is 8.42 Å². The molecular weight excluding hydrogens is 318 g/mol. The lowest BCUT2D eigenvalue weighted by Crippen LogP contribution is -2.35. The average molecular weight is 339 g/mol. The van der Waals surface area contributed by atoms with Crippen LogP contribution in [-0.4, -0.2) is 37.5 Å². The van der Waals surface area contributed by atoms with Gasteiger partial charge in [-0.3, -0.25) is 0 Å². The highest BCUT2D eigenvalue weighted by Gasteiger charge is 2.25. The van der Waals surface area contributed by atoms with Crippen molar-refractivity contribution in [2.45, 2.75) is 24.2 Å². The lowest BCUT2D eigenvalue weighted by Gasteiger charge is -2.25. The standard InChI is InChI=1S/C15H21N3O2S2/c1-2-10-16-15(21)17-13-6-8-14(9-7-13)22(19,20)18-11-4-3-5-12-18/h2,6-9H,1,3-5,10-12H2,(H2,16,17,21). The van der Waals surface area contributed by atoms with Crippen molar-refractivity contribution in [2.24, 2.45) is 0 Å². The van der Waals surface area contributed by atoms with Crippen LogP contribution in [-0.2, 0) is 10.0 Å². The fourth-order valence-corrected chi connectivity index (χ4v) is 4.02.